The van der Waals surface area contributed by atoms with E-state index in [9.17, 15) is 4.79 Å². The van der Waals surface area contributed by atoms with E-state index in [1.165, 1.54) is 19.3 Å². The van der Waals surface area contributed by atoms with E-state index < -0.39 is 0 Å². The lowest BCUT2D eigenvalue weighted by Gasteiger charge is -2.35. The van der Waals surface area contributed by atoms with E-state index in [4.69, 9.17) is 0 Å². The van der Waals surface area contributed by atoms with Crippen molar-refractivity contribution >= 4 is 11.7 Å². The van der Waals surface area contributed by atoms with Crippen molar-refractivity contribution in [1.29, 1.82) is 0 Å². The van der Waals surface area contributed by atoms with Gasteiger partial charge in [-0.05, 0) is 30.9 Å². The zero-order valence-electron chi connectivity index (χ0n) is 14.1. The zero-order valence-corrected chi connectivity index (χ0v) is 14.1. The van der Waals surface area contributed by atoms with E-state index in [2.05, 4.69) is 27.0 Å². The summed E-state index contributed by atoms with van der Waals surface area (Å²) in [5.41, 5.74) is 0. The van der Waals surface area contributed by atoms with Crippen LogP contribution in [0.25, 0.3) is 0 Å². The predicted octanol–water partition coefficient (Wildman–Crippen LogP) is 1.90. The highest BCUT2D eigenvalue weighted by atomic mass is 16.2. The van der Waals surface area contributed by atoms with Gasteiger partial charge in [-0.3, -0.25) is 9.69 Å². The van der Waals surface area contributed by atoms with Gasteiger partial charge in [0.25, 0.3) is 0 Å². The van der Waals surface area contributed by atoms with Crippen LogP contribution in [0.4, 0.5) is 5.82 Å². The van der Waals surface area contributed by atoms with Crippen LogP contribution in [-0.4, -0.2) is 54.6 Å². The Hall–Kier alpha value is -1.62. The maximum atomic E-state index is 12.3. The molecule has 0 unspecified atom stereocenters. The van der Waals surface area contributed by atoms with Crippen molar-refractivity contribution in [1.82, 2.24) is 15.2 Å². The third-order valence-corrected chi connectivity index (χ3v) is 5.17. The van der Waals surface area contributed by atoms with Gasteiger partial charge in [0.1, 0.15) is 5.82 Å². The Labute approximate surface area is 139 Å². The van der Waals surface area contributed by atoms with Crippen LogP contribution in [0.1, 0.15) is 32.6 Å². The highest BCUT2D eigenvalue weighted by Gasteiger charge is 2.24. The number of pyridine rings is 1. The summed E-state index contributed by atoms with van der Waals surface area (Å²) in [4.78, 5) is 21.2. The fourth-order valence-electron chi connectivity index (χ4n) is 3.66. The molecule has 1 saturated carbocycles. The number of hydrogen-bond donors (Lipinski definition) is 1. The minimum atomic E-state index is 0.190. The maximum Gasteiger partial charge on any atom is 0.234 e. The number of nitrogens with one attached hydrogen (secondary N) is 1. The molecule has 2 atom stereocenters. The molecular formula is C18H28N4O. The molecule has 1 N–H and O–H groups in total. The van der Waals surface area contributed by atoms with Crippen molar-refractivity contribution in [3.8, 4) is 0 Å². The second-order valence-corrected chi connectivity index (χ2v) is 6.89. The first kappa shape index (κ1) is 16.2. The second kappa shape index (κ2) is 7.77. The van der Waals surface area contributed by atoms with Gasteiger partial charge < -0.3 is 10.2 Å². The number of amides is 1. The van der Waals surface area contributed by atoms with E-state index in [1.54, 1.807) is 0 Å². The number of piperazine rings is 1. The number of carbonyl (C=O) groups excluding carboxylic acids is 1. The number of carbonyl (C=O) groups is 1. The summed E-state index contributed by atoms with van der Waals surface area (Å²) in [6.45, 7) is 6.50. The summed E-state index contributed by atoms with van der Waals surface area (Å²) < 4.78 is 0. The number of nitrogens with zero attached hydrogens (tertiary/aromatic N) is 3. The summed E-state index contributed by atoms with van der Waals surface area (Å²) >= 11 is 0. The lowest BCUT2D eigenvalue weighted by Crippen LogP contribution is -2.51. The molecule has 0 aromatic carbocycles. The fourth-order valence-corrected chi connectivity index (χ4v) is 3.66. The second-order valence-electron chi connectivity index (χ2n) is 6.89. The van der Waals surface area contributed by atoms with Crippen LogP contribution in [0.15, 0.2) is 24.4 Å². The number of hydrogen-bond acceptors (Lipinski definition) is 4. The summed E-state index contributed by atoms with van der Waals surface area (Å²) in [5, 5.41) is 3.25. The smallest absolute Gasteiger partial charge is 0.234 e. The quantitative estimate of drug-likeness (QED) is 0.922. The predicted molar refractivity (Wildman–Crippen MR) is 92.5 cm³/mol. The fraction of sp³-hybridized carbons (Fsp3) is 0.667. The molecule has 1 aliphatic heterocycles. The largest absolute Gasteiger partial charge is 0.354 e. The summed E-state index contributed by atoms with van der Waals surface area (Å²) in [7, 11) is 0. The zero-order chi connectivity index (χ0) is 16.1. The Morgan fingerprint density at radius 2 is 2.00 bits per heavy atom. The van der Waals surface area contributed by atoms with Crippen molar-refractivity contribution in [2.45, 2.75) is 38.6 Å². The Kier molecular flexibility index (Phi) is 5.49. The molecule has 23 heavy (non-hydrogen) atoms. The Morgan fingerprint density at radius 3 is 2.70 bits per heavy atom. The van der Waals surface area contributed by atoms with E-state index in [-0.39, 0.29) is 5.91 Å². The summed E-state index contributed by atoms with van der Waals surface area (Å²) in [6.07, 6.45) is 6.77. The first-order chi connectivity index (χ1) is 11.2. The monoisotopic (exact) mass is 316 g/mol. The van der Waals surface area contributed by atoms with Gasteiger partial charge in [0, 0.05) is 38.4 Å². The third-order valence-electron chi connectivity index (χ3n) is 5.17. The van der Waals surface area contributed by atoms with Gasteiger partial charge in [0.15, 0.2) is 0 Å². The van der Waals surface area contributed by atoms with Crippen molar-refractivity contribution in [2.75, 3.05) is 37.6 Å². The van der Waals surface area contributed by atoms with Crippen molar-refractivity contribution in [3.63, 3.8) is 0 Å². The van der Waals surface area contributed by atoms with E-state index in [1.807, 2.05) is 24.4 Å². The number of rotatable bonds is 4. The van der Waals surface area contributed by atoms with E-state index in [0.29, 0.717) is 18.5 Å². The van der Waals surface area contributed by atoms with Crippen LogP contribution in [-0.2, 0) is 4.79 Å². The average molecular weight is 316 g/mol. The molecule has 5 nitrogen and oxygen atoms in total. The lowest BCUT2D eigenvalue weighted by atomic mass is 9.86. The highest BCUT2D eigenvalue weighted by molar-refractivity contribution is 5.78. The molecule has 5 heteroatoms. The van der Waals surface area contributed by atoms with Crippen molar-refractivity contribution < 1.29 is 4.79 Å². The third kappa shape index (κ3) is 4.44. The van der Waals surface area contributed by atoms with Crippen LogP contribution in [0.3, 0.4) is 0 Å². The van der Waals surface area contributed by atoms with Gasteiger partial charge in [-0.25, -0.2) is 4.98 Å². The highest BCUT2D eigenvalue weighted by Crippen LogP contribution is 2.23. The molecule has 2 aliphatic rings. The van der Waals surface area contributed by atoms with Crippen LogP contribution in [0, 0.1) is 5.92 Å². The van der Waals surface area contributed by atoms with Gasteiger partial charge in [-0.15, -0.1) is 0 Å². The molecule has 1 amide bonds. The maximum absolute atomic E-state index is 12.3. The first-order valence-corrected chi connectivity index (χ1v) is 8.90. The van der Waals surface area contributed by atoms with Gasteiger partial charge in [-0.2, -0.15) is 0 Å². The van der Waals surface area contributed by atoms with Gasteiger partial charge in [-0.1, -0.05) is 25.8 Å². The number of anilines is 1. The van der Waals surface area contributed by atoms with E-state index >= 15 is 0 Å². The van der Waals surface area contributed by atoms with Gasteiger partial charge in [0.05, 0.1) is 6.54 Å². The molecule has 2 heterocycles. The first-order valence-electron chi connectivity index (χ1n) is 8.90. The van der Waals surface area contributed by atoms with Crippen LogP contribution in [0.5, 0.6) is 0 Å². The minimum Gasteiger partial charge on any atom is -0.354 e. The number of aromatic nitrogens is 1. The van der Waals surface area contributed by atoms with Gasteiger partial charge >= 0.3 is 0 Å². The molecule has 1 aromatic rings. The van der Waals surface area contributed by atoms with Crippen LogP contribution in [0.2, 0.25) is 0 Å². The van der Waals surface area contributed by atoms with E-state index in [0.717, 1.165) is 38.4 Å². The average Bonchev–Trinajstić information content (AvgIpc) is 2.58. The molecule has 0 radical (unpaired) electrons. The molecule has 126 valence electrons. The minimum absolute atomic E-state index is 0.190. The Morgan fingerprint density at radius 1 is 1.22 bits per heavy atom. The topological polar surface area (TPSA) is 48.5 Å². The SMILES string of the molecule is C[C@H]1CCCC[C@H]1NC(=O)CN1CCN(c2ccccn2)CC1. The van der Waals surface area contributed by atoms with Crippen LogP contribution < -0.4 is 10.2 Å². The standard InChI is InChI=1S/C18H28N4O/c1-15-6-2-3-7-16(15)20-18(23)14-21-10-12-22(13-11-21)17-8-4-5-9-19-17/h4-5,8-9,15-16H,2-3,6-7,10-14H2,1H3,(H,20,23)/t15-,16+/m0/s1. The Balaban J connectivity index is 1.42. The lowest BCUT2D eigenvalue weighted by molar-refractivity contribution is -0.123. The van der Waals surface area contributed by atoms with Gasteiger partial charge in [0.2, 0.25) is 5.91 Å². The molecule has 1 aliphatic carbocycles. The summed E-state index contributed by atoms with van der Waals surface area (Å²) in [5.74, 6) is 1.84. The molecular weight excluding hydrogens is 288 g/mol. The van der Waals surface area contributed by atoms with Crippen molar-refractivity contribution in [3.05, 3.63) is 24.4 Å². The Bertz CT molecular complexity index is 499. The molecule has 3 rings (SSSR count). The van der Waals surface area contributed by atoms with Crippen molar-refractivity contribution in [2.24, 2.45) is 5.92 Å². The molecule has 1 aromatic heterocycles. The normalized spacial score (nSPS) is 26.0. The molecule has 1 saturated heterocycles. The molecule has 2 fully saturated rings. The summed E-state index contributed by atoms with van der Waals surface area (Å²) in [6, 6.07) is 6.39. The molecule has 0 spiro atoms. The molecule has 0 bridgehead atoms. The van der Waals surface area contributed by atoms with Crippen LogP contribution >= 0.6 is 0 Å².